The first-order valence-corrected chi connectivity index (χ1v) is 6.25. The lowest BCUT2D eigenvalue weighted by molar-refractivity contribution is 0.0696. The van der Waals surface area contributed by atoms with Crippen molar-refractivity contribution in [1.82, 2.24) is 4.98 Å². The Hall–Kier alpha value is -2.89. The Bertz CT molecular complexity index is 666. The molecule has 0 saturated heterocycles. The zero-order valence-corrected chi connectivity index (χ0v) is 11.7. The second-order valence-corrected chi connectivity index (χ2v) is 4.64. The number of nitrogens with one attached hydrogen (secondary N) is 1. The summed E-state index contributed by atoms with van der Waals surface area (Å²) in [6, 6.07) is 9.48. The lowest BCUT2D eigenvalue weighted by Gasteiger charge is -2.11. The predicted octanol–water partition coefficient (Wildman–Crippen LogP) is 2.10. The molecule has 1 heterocycles. The summed E-state index contributed by atoms with van der Waals surface area (Å²) in [5.41, 5.74) is 0.951. The number of aromatic nitrogens is 1. The Morgan fingerprint density at radius 3 is 2.48 bits per heavy atom. The average molecular weight is 285 g/mol. The zero-order chi connectivity index (χ0) is 15.4. The minimum absolute atomic E-state index is 0.119. The maximum Gasteiger partial charge on any atom is 0.335 e. The molecule has 0 saturated carbocycles. The summed E-state index contributed by atoms with van der Waals surface area (Å²) < 4.78 is 0. The highest BCUT2D eigenvalue weighted by Gasteiger charge is 2.09. The van der Waals surface area contributed by atoms with E-state index in [4.69, 9.17) is 5.11 Å². The highest BCUT2D eigenvalue weighted by atomic mass is 16.4. The Balaban J connectivity index is 2.14. The van der Waals surface area contributed by atoms with Crippen molar-refractivity contribution in [1.29, 1.82) is 0 Å². The first-order chi connectivity index (χ1) is 9.97. The Kier molecular flexibility index (Phi) is 4.18. The number of carbonyl (C=O) groups is 2. The maximum atomic E-state index is 12.1. The van der Waals surface area contributed by atoms with E-state index in [1.807, 2.05) is 19.0 Å². The van der Waals surface area contributed by atoms with Crippen LogP contribution in [0.4, 0.5) is 11.5 Å². The fourth-order valence-electron chi connectivity index (χ4n) is 1.72. The van der Waals surface area contributed by atoms with Crippen molar-refractivity contribution < 1.29 is 14.7 Å². The van der Waals surface area contributed by atoms with Gasteiger partial charge in [0.2, 0.25) is 0 Å². The molecule has 0 fully saturated rings. The fourth-order valence-corrected chi connectivity index (χ4v) is 1.72. The molecule has 0 radical (unpaired) electrons. The van der Waals surface area contributed by atoms with Gasteiger partial charge in [0.25, 0.3) is 5.91 Å². The van der Waals surface area contributed by atoms with Gasteiger partial charge < -0.3 is 15.3 Å². The lowest BCUT2D eigenvalue weighted by Crippen LogP contribution is -2.14. The van der Waals surface area contributed by atoms with Crippen LogP contribution in [0.3, 0.4) is 0 Å². The smallest absolute Gasteiger partial charge is 0.335 e. The maximum absolute atomic E-state index is 12.1. The highest BCUT2D eigenvalue weighted by Crippen LogP contribution is 2.13. The summed E-state index contributed by atoms with van der Waals surface area (Å²) >= 11 is 0. The van der Waals surface area contributed by atoms with E-state index in [9.17, 15) is 9.59 Å². The van der Waals surface area contributed by atoms with Crippen LogP contribution in [0, 0.1) is 0 Å². The topological polar surface area (TPSA) is 82.5 Å². The van der Waals surface area contributed by atoms with E-state index in [1.165, 1.54) is 18.3 Å². The summed E-state index contributed by atoms with van der Waals surface area (Å²) in [5, 5.41) is 11.6. The van der Waals surface area contributed by atoms with Crippen molar-refractivity contribution >= 4 is 23.4 Å². The number of benzene rings is 1. The van der Waals surface area contributed by atoms with Gasteiger partial charge in [-0.05, 0) is 30.3 Å². The molecular weight excluding hydrogens is 270 g/mol. The van der Waals surface area contributed by atoms with Crippen molar-refractivity contribution in [3.63, 3.8) is 0 Å². The predicted molar refractivity (Wildman–Crippen MR) is 79.9 cm³/mol. The third kappa shape index (κ3) is 3.56. The Morgan fingerprint density at radius 1 is 1.14 bits per heavy atom. The lowest BCUT2D eigenvalue weighted by atomic mass is 10.2. The highest BCUT2D eigenvalue weighted by molar-refractivity contribution is 6.04. The second-order valence-electron chi connectivity index (χ2n) is 4.64. The second kappa shape index (κ2) is 6.04. The third-order valence-electron chi connectivity index (χ3n) is 2.84. The van der Waals surface area contributed by atoms with E-state index in [2.05, 4.69) is 10.3 Å². The SMILES string of the molecule is CN(C)c1ccc(C(=O)Nc2cccc(C(=O)O)c2)cn1. The van der Waals surface area contributed by atoms with Gasteiger partial charge in [0.15, 0.2) is 0 Å². The number of nitrogens with zero attached hydrogens (tertiary/aromatic N) is 2. The van der Waals surface area contributed by atoms with Gasteiger partial charge in [0.05, 0.1) is 11.1 Å². The Morgan fingerprint density at radius 2 is 1.90 bits per heavy atom. The first-order valence-electron chi connectivity index (χ1n) is 6.25. The van der Waals surface area contributed by atoms with Crippen molar-refractivity contribution in [2.24, 2.45) is 0 Å². The average Bonchev–Trinajstić information content (AvgIpc) is 2.47. The summed E-state index contributed by atoms with van der Waals surface area (Å²) in [5.74, 6) is -0.627. The van der Waals surface area contributed by atoms with Crippen LogP contribution >= 0.6 is 0 Å². The largest absolute Gasteiger partial charge is 0.478 e. The van der Waals surface area contributed by atoms with Gasteiger partial charge in [-0.1, -0.05) is 6.07 Å². The van der Waals surface area contributed by atoms with E-state index in [0.29, 0.717) is 11.3 Å². The van der Waals surface area contributed by atoms with Gasteiger partial charge >= 0.3 is 5.97 Å². The molecule has 21 heavy (non-hydrogen) atoms. The standard InChI is InChI=1S/C15H15N3O3/c1-18(2)13-7-6-11(9-16-13)14(19)17-12-5-3-4-10(8-12)15(20)21/h3-9H,1-2H3,(H,17,19)(H,20,21). The van der Waals surface area contributed by atoms with Crippen LogP contribution in [-0.4, -0.2) is 36.1 Å². The number of carboxylic acid groups (broad SMARTS) is 1. The normalized spacial score (nSPS) is 10.0. The van der Waals surface area contributed by atoms with Gasteiger partial charge in [-0.3, -0.25) is 4.79 Å². The van der Waals surface area contributed by atoms with Gasteiger partial charge in [-0.15, -0.1) is 0 Å². The molecule has 2 rings (SSSR count). The van der Waals surface area contributed by atoms with E-state index < -0.39 is 5.97 Å². The number of aromatic carboxylic acids is 1. The number of pyridine rings is 1. The van der Waals surface area contributed by atoms with Crippen molar-refractivity contribution in [3.05, 3.63) is 53.7 Å². The van der Waals surface area contributed by atoms with Crippen molar-refractivity contribution in [3.8, 4) is 0 Å². The molecule has 0 bridgehead atoms. The minimum Gasteiger partial charge on any atom is -0.478 e. The molecule has 1 aromatic carbocycles. The van der Waals surface area contributed by atoms with Crippen LogP contribution in [0.2, 0.25) is 0 Å². The number of amides is 1. The number of anilines is 2. The van der Waals surface area contributed by atoms with Crippen LogP contribution in [0.25, 0.3) is 0 Å². The molecule has 0 spiro atoms. The third-order valence-corrected chi connectivity index (χ3v) is 2.84. The molecule has 0 aliphatic rings. The zero-order valence-electron chi connectivity index (χ0n) is 11.7. The first kappa shape index (κ1) is 14.5. The van der Waals surface area contributed by atoms with Crippen molar-refractivity contribution in [2.75, 3.05) is 24.3 Å². The van der Waals surface area contributed by atoms with Gasteiger partial charge in [0, 0.05) is 26.0 Å². The quantitative estimate of drug-likeness (QED) is 0.899. The molecule has 0 aliphatic carbocycles. The minimum atomic E-state index is -1.04. The molecule has 1 amide bonds. The van der Waals surface area contributed by atoms with Crippen LogP contribution < -0.4 is 10.2 Å². The summed E-state index contributed by atoms with van der Waals surface area (Å²) in [6.45, 7) is 0. The monoisotopic (exact) mass is 285 g/mol. The Labute approximate surface area is 122 Å². The molecule has 108 valence electrons. The van der Waals surface area contributed by atoms with Gasteiger partial charge in [0.1, 0.15) is 5.82 Å². The number of hydrogen-bond donors (Lipinski definition) is 2. The molecule has 2 aromatic rings. The summed E-state index contributed by atoms with van der Waals surface area (Å²) in [6.07, 6.45) is 1.48. The molecule has 6 heteroatoms. The number of hydrogen-bond acceptors (Lipinski definition) is 4. The summed E-state index contributed by atoms with van der Waals surface area (Å²) in [7, 11) is 3.72. The molecule has 0 atom stereocenters. The summed E-state index contributed by atoms with van der Waals surface area (Å²) in [4.78, 5) is 28.9. The van der Waals surface area contributed by atoms with E-state index in [-0.39, 0.29) is 11.5 Å². The number of carbonyl (C=O) groups excluding carboxylic acids is 1. The van der Waals surface area contributed by atoms with E-state index in [1.54, 1.807) is 24.3 Å². The number of carboxylic acids is 1. The molecule has 6 nitrogen and oxygen atoms in total. The van der Waals surface area contributed by atoms with Gasteiger partial charge in [-0.25, -0.2) is 9.78 Å². The van der Waals surface area contributed by atoms with Crippen LogP contribution in [-0.2, 0) is 0 Å². The molecule has 1 aromatic heterocycles. The van der Waals surface area contributed by atoms with Crippen LogP contribution in [0.1, 0.15) is 20.7 Å². The number of rotatable bonds is 4. The van der Waals surface area contributed by atoms with E-state index >= 15 is 0 Å². The molecule has 0 unspecified atom stereocenters. The van der Waals surface area contributed by atoms with Crippen molar-refractivity contribution in [2.45, 2.75) is 0 Å². The van der Waals surface area contributed by atoms with Crippen LogP contribution in [0.15, 0.2) is 42.6 Å². The molecule has 2 N–H and O–H groups in total. The molecular formula is C15H15N3O3. The fraction of sp³-hybridized carbons (Fsp3) is 0.133. The molecule has 0 aliphatic heterocycles. The van der Waals surface area contributed by atoms with E-state index in [0.717, 1.165) is 5.82 Å². The van der Waals surface area contributed by atoms with Crippen LogP contribution in [0.5, 0.6) is 0 Å². The van der Waals surface area contributed by atoms with Gasteiger partial charge in [-0.2, -0.15) is 0 Å².